The minimum absolute atomic E-state index is 0.245. The molecule has 10 nitrogen and oxygen atoms in total. The predicted octanol–water partition coefficient (Wildman–Crippen LogP) is -1.93. The minimum Gasteiger partial charge on any atom is -0.480 e. The normalized spacial score (nSPS) is 11.1. The Hall–Kier alpha value is -2.30. The Labute approximate surface area is 149 Å². The van der Waals surface area contributed by atoms with Gasteiger partial charge in [-0.25, -0.2) is 0 Å². The molecular formula is C14H24N4O6S. The first kappa shape index (κ1) is 22.7. The van der Waals surface area contributed by atoms with Gasteiger partial charge in [0.05, 0.1) is 13.1 Å². The van der Waals surface area contributed by atoms with E-state index in [0.717, 1.165) is 0 Å². The Morgan fingerprint density at radius 2 is 1.48 bits per heavy atom. The second-order valence-electron chi connectivity index (χ2n) is 4.92. The SMILES string of the molecule is CCC(=O)NC(CCSC)C(=O)NCC(=O)NCC(=O)NCC(=O)O. The van der Waals surface area contributed by atoms with Gasteiger partial charge >= 0.3 is 5.97 Å². The molecule has 0 aliphatic carbocycles. The zero-order chi connectivity index (χ0) is 19.2. The van der Waals surface area contributed by atoms with Crippen LogP contribution >= 0.6 is 11.8 Å². The number of carbonyl (C=O) groups is 5. The van der Waals surface area contributed by atoms with Gasteiger partial charge in [0.25, 0.3) is 0 Å². The quantitative estimate of drug-likeness (QED) is 0.266. The number of carboxylic acids is 1. The van der Waals surface area contributed by atoms with E-state index < -0.39 is 42.8 Å². The van der Waals surface area contributed by atoms with Crippen molar-refractivity contribution in [2.45, 2.75) is 25.8 Å². The van der Waals surface area contributed by atoms with E-state index in [1.54, 1.807) is 6.92 Å². The van der Waals surface area contributed by atoms with E-state index in [2.05, 4.69) is 21.3 Å². The van der Waals surface area contributed by atoms with Crippen molar-refractivity contribution >= 4 is 41.4 Å². The van der Waals surface area contributed by atoms with Crippen molar-refractivity contribution in [1.29, 1.82) is 0 Å². The van der Waals surface area contributed by atoms with Crippen LogP contribution in [0.4, 0.5) is 0 Å². The molecule has 0 spiro atoms. The molecule has 0 bridgehead atoms. The summed E-state index contributed by atoms with van der Waals surface area (Å²) in [5.41, 5.74) is 0. The summed E-state index contributed by atoms with van der Waals surface area (Å²) >= 11 is 1.53. The van der Waals surface area contributed by atoms with Gasteiger partial charge in [-0.2, -0.15) is 11.8 Å². The zero-order valence-electron chi connectivity index (χ0n) is 14.2. The molecule has 0 saturated heterocycles. The lowest BCUT2D eigenvalue weighted by Gasteiger charge is -2.17. The topological polar surface area (TPSA) is 154 Å². The van der Waals surface area contributed by atoms with Crippen molar-refractivity contribution < 1.29 is 29.1 Å². The summed E-state index contributed by atoms with van der Waals surface area (Å²) in [6, 6.07) is -0.730. The van der Waals surface area contributed by atoms with Gasteiger partial charge in [0.2, 0.25) is 23.6 Å². The Balaban J connectivity index is 4.24. The summed E-state index contributed by atoms with van der Waals surface area (Å²) < 4.78 is 0. The molecule has 4 amide bonds. The van der Waals surface area contributed by atoms with Crippen molar-refractivity contribution in [3.05, 3.63) is 0 Å². The van der Waals surface area contributed by atoms with Crippen LogP contribution in [-0.2, 0) is 24.0 Å². The number of hydrogen-bond donors (Lipinski definition) is 5. The maximum Gasteiger partial charge on any atom is 0.322 e. The van der Waals surface area contributed by atoms with Crippen LogP contribution in [0.5, 0.6) is 0 Å². The van der Waals surface area contributed by atoms with Crippen LogP contribution in [0.1, 0.15) is 19.8 Å². The van der Waals surface area contributed by atoms with Gasteiger partial charge in [-0.15, -0.1) is 0 Å². The standard InChI is InChI=1S/C14H24N4O6S/c1-3-10(19)18-9(4-5-25-2)14(24)17-7-12(21)15-6-11(20)16-8-13(22)23/h9H,3-8H2,1-2H3,(H,15,21)(H,16,20)(H,17,24)(H,18,19)(H,22,23). The molecule has 0 aromatic rings. The van der Waals surface area contributed by atoms with Crippen LogP contribution in [0, 0.1) is 0 Å². The predicted molar refractivity (Wildman–Crippen MR) is 91.9 cm³/mol. The van der Waals surface area contributed by atoms with Crippen LogP contribution in [0.2, 0.25) is 0 Å². The van der Waals surface area contributed by atoms with E-state index in [1.807, 2.05) is 6.26 Å². The maximum atomic E-state index is 12.1. The van der Waals surface area contributed by atoms with Crippen LogP contribution < -0.4 is 21.3 Å². The molecule has 25 heavy (non-hydrogen) atoms. The average Bonchev–Trinajstić information content (AvgIpc) is 2.59. The monoisotopic (exact) mass is 376 g/mol. The zero-order valence-corrected chi connectivity index (χ0v) is 15.0. The van der Waals surface area contributed by atoms with Gasteiger partial charge in [-0.05, 0) is 18.4 Å². The summed E-state index contributed by atoms with van der Waals surface area (Å²) in [7, 11) is 0. The highest BCUT2D eigenvalue weighted by Crippen LogP contribution is 2.01. The highest BCUT2D eigenvalue weighted by atomic mass is 32.2. The smallest absolute Gasteiger partial charge is 0.322 e. The first-order valence-electron chi connectivity index (χ1n) is 7.61. The molecule has 1 unspecified atom stereocenters. The maximum absolute atomic E-state index is 12.1. The number of thioether (sulfide) groups is 1. The molecule has 0 aliphatic heterocycles. The lowest BCUT2D eigenvalue weighted by molar-refractivity contribution is -0.137. The molecule has 5 N–H and O–H groups in total. The molecule has 0 saturated carbocycles. The third-order valence-corrected chi connectivity index (χ3v) is 3.53. The van der Waals surface area contributed by atoms with Crippen molar-refractivity contribution in [1.82, 2.24) is 21.3 Å². The summed E-state index contributed by atoms with van der Waals surface area (Å²) in [4.78, 5) is 56.6. The molecule has 0 aromatic heterocycles. The molecule has 142 valence electrons. The summed E-state index contributed by atoms with van der Waals surface area (Å²) in [5.74, 6) is -2.54. The van der Waals surface area contributed by atoms with E-state index in [9.17, 15) is 24.0 Å². The summed E-state index contributed by atoms with van der Waals surface area (Å²) in [6.45, 7) is 0.370. The molecule has 0 fully saturated rings. The Morgan fingerprint density at radius 3 is 2.00 bits per heavy atom. The van der Waals surface area contributed by atoms with Crippen LogP contribution in [0.15, 0.2) is 0 Å². The highest BCUT2D eigenvalue weighted by molar-refractivity contribution is 7.98. The summed E-state index contributed by atoms with van der Waals surface area (Å²) in [5, 5.41) is 17.7. The number of rotatable bonds is 12. The van der Waals surface area contributed by atoms with Crippen molar-refractivity contribution in [3.63, 3.8) is 0 Å². The van der Waals surface area contributed by atoms with E-state index in [-0.39, 0.29) is 18.9 Å². The van der Waals surface area contributed by atoms with Crippen molar-refractivity contribution in [2.75, 3.05) is 31.6 Å². The first-order valence-corrected chi connectivity index (χ1v) is 9.00. The van der Waals surface area contributed by atoms with Gasteiger partial charge in [0.1, 0.15) is 12.6 Å². The largest absolute Gasteiger partial charge is 0.480 e. The molecule has 0 radical (unpaired) electrons. The third kappa shape index (κ3) is 11.8. The fourth-order valence-corrected chi connectivity index (χ4v) is 2.04. The molecule has 0 aromatic carbocycles. The number of aliphatic carboxylic acids is 1. The lowest BCUT2D eigenvalue weighted by Crippen LogP contribution is -2.49. The van der Waals surface area contributed by atoms with E-state index in [4.69, 9.17) is 5.11 Å². The minimum atomic E-state index is -1.20. The Kier molecular flexibility index (Phi) is 11.8. The molecule has 1 atom stereocenters. The van der Waals surface area contributed by atoms with E-state index in [0.29, 0.717) is 12.2 Å². The second-order valence-corrected chi connectivity index (χ2v) is 5.91. The molecular weight excluding hydrogens is 352 g/mol. The van der Waals surface area contributed by atoms with E-state index in [1.165, 1.54) is 11.8 Å². The fraction of sp³-hybridized carbons (Fsp3) is 0.643. The Morgan fingerprint density at radius 1 is 0.920 bits per heavy atom. The average molecular weight is 376 g/mol. The Bertz CT molecular complexity index is 500. The van der Waals surface area contributed by atoms with Gasteiger partial charge in [-0.1, -0.05) is 6.92 Å². The molecule has 0 aliphatic rings. The second kappa shape index (κ2) is 13.0. The number of amides is 4. The molecule has 11 heteroatoms. The number of hydrogen-bond acceptors (Lipinski definition) is 6. The number of carbonyl (C=O) groups excluding carboxylic acids is 4. The van der Waals surface area contributed by atoms with Gasteiger partial charge in [0, 0.05) is 6.42 Å². The highest BCUT2D eigenvalue weighted by Gasteiger charge is 2.20. The van der Waals surface area contributed by atoms with Crippen LogP contribution in [0.3, 0.4) is 0 Å². The molecule has 0 heterocycles. The number of nitrogens with one attached hydrogen (secondary N) is 4. The summed E-state index contributed by atoms with van der Waals surface area (Å²) in [6.07, 6.45) is 2.55. The first-order chi connectivity index (χ1) is 11.8. The van der Waals surface area contributed by atoms with Gasteiger partial charge in [-0.3, -0.25) is 24.0 Å². The van der Waals surface area contributed by atoms with Crippen LogP contribution in [0.25, 0.3) is 0 Å². The van der Waals surface area contributed by atoms with Crippen molar-refractivity contribution in [3.8, 4) is 0 Å². The molecule has 0 rings (SSSR count). The number of carboxylic acid groups (broad SMARTS) is 1. The van der Waals surface area contributed by atoms with Gasteiger partial charge in [0.15, 0.2) is 0 Å². The third-order valence-electron chi connectivity index (χ3n) is 2.89. The van der Waals surface area contributed by atoms with Crippen LogP contribution in [-0.4, -0.2) is 72.4 Å². The fourth-order valence-electron chi connectivity index (χ4n) is 1.57. The van der Waals surface area contributed by atoms with E-state index >= 15 is 0 Å². The van der Waals surface area contributed by atoms with Crippen molar-refractivity contribution in [2.24, 2.45) is 0 Å². The van der Waals surface area contributed by atoms with Gasteiger partial charge < -0.3 is 26.4 Å². The lowest BCUT2D eigenvalue weighted by atomic mass is 10.2.